The van der Waals surface area contributed by atoms with E-state index in [0.29, 0.717) is 32.0 Å². The highest BCUT2D eigenvalue weighted by Gasteiger charge is 2.28. The third-order valence-electron chi connectivity index (χ3n) is 3.74. The number of nitrogens with zero attached hydrogens (tertiary/aromatic N) is 2. The third kappa shape index (κ3) is 9.05. The lowest BCUT2D eigenvalue weighted by atomic mass is 9.96. The Bertz CT molecular complexity index is 547. The molecule has 1 unspecified atom stereocenters. The summed E-state index contributed by atoms with van der Waals surface area (Å²) in [4.78, 5) is 5.63. The summed E-state index contributed by atoms with van der Waals surface area (Å²) < 4.78 is 36.9. The standard InChI is InChI=1S/C18H29F3N4O/c1-4-22-16(23-11-8-12-25(3)14-18(19,20)21)24-13-17(2,26)15-9-6-5-7-10-15/h5-7,9-10,26H,4,8,11-14H2,1-3H3,(H2,22,23,24). The molecule has 0 spiro atoms. The Labute approximate surface area is 153 Å². The van der Waals surface area contributed by atoms with Crippen LogP contribution in [0.4, 0.5) is 13.2 Å². The first-order valence-corrected chi connectivity index (χ1v) is 8.69. The van der Waals surface area contributed by atoms with Crippen molar-refractivity contribution < 1.29 is 18.3 Å². The van der Waals surface area contributed by atoms with Gasteiger partial charge in [0.1, 0.15) is 5.60 Å². The van der Waals surface area contributed by atoms with E-state index in [4.69, 9.17) is 0 Å². The molecule has 0 saturated heterocycles. The Kier molecular flexibility index (Phi) is 8.87. The van der Waals surface area contributed by atoms with E-state index in [-0.39, 0.29) is 6.54 Å². The Morgan fingerprint density at radius 3 is 2.42 bits per heavy atom. The molecule has 0 radical (unpaired) electrons. The first-order valence-electron chi connectivity index (χ1n) is 8.69. The van der Waals surface area contributed by atoms with E-state index in [2.05, 4.69) is 15.6 Å². The lowest BCUT2D eigenvalue weighted by Gasteiger charge is -2.23. The zero-order valence-corrected chi connectivity index (χ0v) is 15.6. The Balaban J connectivity index is 2.49. The van der Waals surface area contributed by atoms with Crippen molar-refractivity contribution in [2.24, 2.45) is 4.99 Å². The normalized spacial score (nSPS) is 15.0. The maximum Gasteiger partial charge on any atom is 0.401 e. The molecule has 1 aromatic rings. The number of aliphatic imine (C=N–C) groups is 1. The maximum absolute atomic E-state index is 12.3. The van der Waals surface area contributed by atoms with Gasteiger partial charge in [-0.3, -0.25) is 4.90 Å². The highest BCUT2D eigenvalue weighted by atomic mass is 19.4. The van der Waals surface area contributed by atoms with E-state index in [0.717, 1.165) is 5.56 Å². The molecule has 0 aromatic heterocycles. The van der Waals surface area contributed by atoms with Crippen LogP contribution >= 0.6 is 0 Å². The van der Waals surface area contributed by atoms with E-state index in [1.165, 1.54) is 11.9 Å². The van der Waals surface area contributed by atoms with Crippen LogP contribution in [0.15, 0.2) is 35.3 Å². The van der Waals surface area contributed by atoms with Gasteiger partial charge in [0.2, 0.25) is 0 Å². The first-order chi connectivity index (χ1) is 12.1. The molecule has 1 rings (SSSR count). The molecule has 0 bridgehead atoms. The van der Waals surface area contributed by atoms with Crippen molar-refractivity contribution in [2.45, 2.75) is 32.0 Å². The second-order valence-electron chi connectivity index (χ2n) is 6.47. The van der Waals surface area contributed by atoms with Crippen LogP contribution in [-0.2, 0) is 5.60 Å². The minimum Gasteiger partial charge on any atom is -0.384 e. The van der Waals surface area contributed by atoms with Gasteiger partial charge in [0.15, 0.2) is 5.96 Å². The lowest BCUT2D eigenvalue weighted by molar-refractivity contribution is -0.143. The topological polar surface area (TPSA) is 59.9 Å². The summed E-state index contributed by atoms with van der Waals surface area (Å²) in [6.45, 7) is 4.33. The second kappa shape index (κ2) is 10.4. The summed E-state index contributed by atoms with van der Waals surface area (Å²) in [7, 11) is 1.45. The number of alkyl halides is 3. The number of nitrogens with one attached hydrogen (secondary N) is 2. The summed E-state index contributed by atoms with van der Waals surface area (Å²) in [6, 6.07) is 9.27. The Hall–Kier alpha value is -1.80. The van der Waals surface area contributed by atoms with Crippen molar-refractivity contribution in [3.05, 3.63) is 35.9 Å². The van der Waals surface area contributed by atoms with Gasteiger partial charge in [-0.25, -0.2) is 4.99 Å². The summed E-state index contributed by atoms with van der Waals surface area (Å²) in [5.41, 5.74) is -0.329. The van der Waals surface area contributed by atoms with Crippen molar-refractivity contribution in [2.75, 3.05) is 39.8 Å². The molecule has 0 aliphatic carbocycles. The van der Waals surface area contributed by atoms with Crippen LogP contribution in [0.3, 0.4) is 0 Å². The van der Waals surface area contributed by atoms with Crippen molar-refractivity contribution in [3.63, 3.8) is 0 Å². The fourth-order valence-corrected chi connectivity index (χ4v) is 2.40. The van der Waals surface area contributed by atoms with Gasteiger partial charge >= 0.3 is 6.18 Å². The first kappa shape index (κ1) is 22.2. The minimum atomic E-state index is -4.18. The van der Waals surface area contributed by atoms with Crippen LogP contribution in [0.1, 0.15) is 25.8 Å². The van der Waals surface area contributed by atoms with Crippen molar-refractivity contribution in [1.82, 2.24) is 15.5 Å². The molecule has 1 atom stereocenters. The number of hydrogen-bond acceptors (Lipinski definition) is 3. The molecular weight excluding hydrogens is 345 g/mol. The number of benzene rings is 1. The number of guanidine groups is 1. The van der Waals surface area contributed by atoms with Crippen LogP contribution in [0, 0.1) is 0 Å². The van der Waals surface area contributed by atoms with Gasteiger partial charge in [-0.1, -0.05) is 30.3 Å². The number of hydrogen-bond donors (Lipinski definition) is 3. The Morgan fingerprint density at radius 2 is 1.85 bits per heavy atom. The molecule has 26 heavy (non-hydrogen) atoms. The molecule has 1 aromatic carbocycles. The summed E-state index contributed by atoms with van der Waals surface area (Å²) >= 11 is 0. The number of aliphatic hydroxyl groups is 1. The molecule has 0 amide bonds. The van der Waals surface area contributed by atoms with E-state index in [1.807, 2.05) is 37.3 Å². The van der Waals surface area contributed by atoms with Gasteiger partial charge in [-0.15, -0.1) is 0 Å². The molecule has 0 saturated carbocycles. The van der Waals surface area contributed by atoms with Gasteiger partial charge < -0.3 is 15.7 Å². The quantitative estimate of drug-likeness (QED) is 0.353. The monoisotopic (exact) mass is 374 g/mol. The van der Waals surface area contributed by atoms with E-state index in [9.17, 15) is 18.3 Å². The van der Waals surface area contributed by atoms with Crippen molar-refractivity contribution in [3.8, 4) is 0 Å². The average Bonchev–Trinajstić information content (AvgIpc) is 2.55. The van der Waals surface area contributed by atoms with Crippen LogP contribution < -0.4 is 10.6 Å². The largest absolute Gasteiger partial charge is 0.401 e. The van der Waals surface area contributed by atoms with Crippen LogP contribution in [0.5, 0.6) is 0 Å². The Morgan fingerprint density at radius 1 is 1.19 bits per heavy atom. The predicted molar refractivity (Wildman–Crippen MR) is 98.2 cm³/mol. The zero-order valence-electron chi connectivity index (χ0n) is 15.6. The zero-order chi connectivity index (χ0) is 19.6. The molecule has 8 heteroatoms. The van der Waals surface area contributed by atoms with Crippen LogP contribution in [-0.4, -0.2) is 61.9 Å². The maximum atomic E-state index is 12.3. The van der Waals surface area contributed by atoms with Gasteiger partial charge in [-0.05, 0) is 39.4 Å². The molecule has 3 N–H and O–H groups in total. The van der Waals surface area contributed by atoms with Crippen molar-refractivity contribution in [1.29, 1.82) is 0 Å². The third-order valence-corrected chi connectivity index (χ3v) is 3.74. The highest BCUT2D eigenvalue weighted by Crippen LogP contribution is 2.20. The van der Waals surface area contributed by atoms with Crippen LogP contribution in [0.25, 0.3) is 0 Å². The summed E-state index contributed by atoms with van der Waals surface area (Å²) in [6.07, 6.45) is -3.63. The van der Waals surface area contributed by atoms with Crippen molar-refractivity contribution >= 4 is 5.96 Å². The molecular formula is C18H29F3N4O. The fourth-order valence-electron chi connectivity index (χ4n) is 2.40. The summed E-state index contributed by atoms with van der Waals surface area (Å²) in [5, 5.41) is 16.7. The predicted octanol–water partition coefficient (Wildman–Crippen LogP) is 2.33. The highest BCUT2D eigenvalue weighted by molar-refractivity contribution is 5.79. The molecule has 0 aliphatic heterocycles. The average molecular weight is 374 g/mol. The lowest BCUT2D eigenvalue weighted by Crippen LogP contribution is -2.40. The smallest absolute Gasteiger partial charge is 0.384 e. The SMILES string of the molecule is CCNC(=NCC(C)(O)c1ccccc1)NCCCN(C)CC(F)(F)F. The molecule has 148 valence electrons. The molecule has 5 nitrogen and oxygen atoms in total. The van der Waals surface area contributed by atoms with Gasteiger partial charge in [0.25, 0.3) is 0 Å². The second-order valence-corrected chi connectivity index (χ2v) is 6.47. The van der Waals surface area contributed by atoms with Gasteiger partial charge in [0, 0.05) is 13.1 Å². The van der Waals surface area contributed by atoms with E-state index >= 15 is 0 Å². The minimum absolute atomic E-state index is 0.167. The van der Waals surface area contributed by atoms with E-state index < -0.39 is 18.3 Å². The molecule has 0 heterocycles. The molecule has 0 aliphatic rings. The van der Waals surface area contributed by atoms with Crippen LogP contribution in [0.2, 0.25) is 0 Å². The van der Waals surface area contributed by atoms with Gasteiger partial charge in [0.05, 0.1) is 13.1 Å². The van der Waals surface area contributed by atoms with E-state index in [1.54, 1.807) is 6.92 Å². The number of halogens is 3. The van der Waals surface area contributed by atoms with Gasteiger partial charge in [-0.2, -0.15) is 13.2 Å². The fraction of sp³-hybridized carbons (Fsp3) is 0.611. The number of rotatable bonds is 9. The molecule has 0 fully saturated rings. The summed E-state index contributed by atoms with van der Waals surface area (Å²) in [5.74, 6) is 0.530.